The van der Waals surface area contributed by atoms with E-state index in [0.29, 0.717) is 11.5 Å². The van der Waals surface area contributed by atoms with Crippen molar-refractivity contribution in [3.8, 4) is 39.6 Å². The third kappa shape index (κ3) is 9.66. The molecule has 370 valence electrons. The van der Waals surface area contributed by atoms with Crippen molar-refractivity contribution in [2.45, 2.75) is 118 Å². The van der Waals surface area contributed by atoms with Crippen LogP contribution in [0.4, 0.5) is 22.7 Å². The first-order chi connectivity index (χ1) is 34.0. The van der Waals surface area contributed by atoms with Gasteiger partial charge in [0.25, 0.3) is 0 Å². The molecule has 0 fully saturated rings. The number of rotatable bonds is 11. The fourth-order valence-corrected chi connectivity index (χ4v) is 10.3. The molecule has 72 heavy (non-hydrogen) atoms. The average molecular weight is 1130 g/mol. The van der Waals surface area contributed by atoms with Crippen LogP contribution < -0.4 is 14.5 Å². The molecule has 0 aliphatic carbocycles. The molecule has 1 aliphatic heterocycles. The molecule has 0 atom stereocenters. The van der Waals surface area contributed by atoms with Gasteiger partial charge in [0.2, 0.25) is 0 Å². The van der Waals surface area contributed by atoms with Crippen molar-refractivity contribution in [2.24, 2.45) is 0 Å². The molecule has 2 aromatic heterocycles. The van der Waals surface area contributed by atoms with Gasteiger partial charge in [-0.25, -0.2) is 4.98 Å². The number of aryl methyl sites for hydroxylation is 2. The molecule has 9 aromatic rings. The van der Waals surface area contributed by atoms with E-state index in [1.165, 1.54) is 44.3 Å². The minimum absolute atomic E-state index is 0. The predicted octanol–water partition coefficient (Wildman–Crippen LogP) is 18.1. The van der Waals surface area contributed by atoms with Gasteiger partial charge in [-0.15, -0.1) is 48.1 Å². The zero-order valence-electron chi connectivity index (χ0n) is 43.9. The van der Waals surface area contributed by atoms with Gasteiger partial charge in [0.05, 0.1) is 0 Å². The van der Waals surface area contributed by atoms with E-state index in [1.54, 1.807) is 0 Å². The minimum Gasteiger partial charge on any atom is -0.509 e. The molecule has 6 heteroatoms. The number of benzene rings is 7. The Morgan fingerprint density at radius 1 is 0.556 bits per heavy atom. The Bertz CT molecular complexity index is 3360. The number of fused-ring (bicyclic) bond motifs is 4. The van der Waals surface area contributed by atoms with Crippen LogP contribution in [0.25, 0.3) is 49.9 Å². The number of para-hydroxylation sites is 3. The fraction of sp³-hybridized carbons (Fsp3) is 0.273. The summed E-state index contributed by atoms with van der Waals surface area (Å²) in [5, 5.41) is 2.45. The van der Waals surface area contributed by atoms with Crippen LogP contribution in [0, 0.1) is 18.8 Å². The Kier molecular flexibility index (Phi) is 14.0. The summed E-state index contributed by atoms with van der Waals surface area (Å²) in [4.78, 5) is 9.61. The third-order valence-corrected chi connectivity index (χ3v) is 14.1. The summed E-state index contributed by atoms with van der Waals surface area (Å²) < 4.78 is 9.11. The maximum Gasteiger partial charge on any atom is 0.135 e. The number of hydrogen-bond acceptors (Lipinski definition) is 4. The van der Waals surface area contributed by atoms with Crippen LogP contribution in [0.2, 0.25) is 0 Å². The zero-order valence-corrected chi connectivity index (χ0v) is 46.1. The molecule has 5 nitrogen and oxygen atoms in total. The Morgan fingerprint density at radius 2 is 1.14 bits per heavy atom. The standard InChI is InChI=1S/C66H67N4O.Pt/c1-12-20-44-32-35-59-62(53(44)21-13-2)56-34-33-52(42-60(56)70(59)61-40-49(36-37-67-61)66(9,10)11)71-51-27-18-26-50(41-51)68-43-69(58-31-15-14-30-57(58)68)63-54(45-22-16-24-47(38-45)64(3,4)5)28-19-29-55(63)46-23-17-25-48(39-46)65(6,7)8;/h14-19,22-40,43H,12-13,20-21H2,1-11H3;/q-3;. The van der Waals surface area contributed by atoms with Crippen molar-refractivity contribution in [3.63, 3.8) is 0 Å². The fourth-order valence-electron chi connectivity index (χ4n) is 10.3. The van der Waals surface area contributed by atoms with E-state index >= 15 is 0 Å². The molecule has 7 aromatic carbocycles. The largest absolute Gasteiger partial charge is 0.509 e. The van der Waals surface area contributed by atoms with Gasteiger partial charge in [0, 0.05) is 72.5 Å². The second-order valence-electron chi connectivity index (χ2n) is 22.4. The molecule has 3 heterocycles. The smallest absolute Gasteiger partial charge is 0.135 e. The Hall–Kier alpha value is -6.42. The van der Waals surface area contributed by atoms with Crippen LogP contribution in [-0.4, -0.2) is 9.55 Å². The summed E-state index contributed by atoms with van der Waals surface area (Å²) in [6.07, 6.45) is 6.17. The van der Waals surface area contributed by atoms with E-state index in [9.17, 15) is 0 Å². The molecule has 1 aliphatic rings. The van der Waals surface area contributed by atoms with Crippen molar-refractivity contribution in [1.82, 2.24) is 9.55 Å². The van der Waals surface area contributed by atoms with Crippen LogP contribution in [0.3, 0.4) is 0 Å². The molecule has 0 spiro atoms. The second kappa shape index (κ2) is 19.9. The molecule has 0 radical (unpaired) electrons. The van der Waals surface area contributed by atoms with Crippen LogP contribution in [0.1, 0.15) is 117 Å². The Balaban J connectivity index is 0.00000640. The van der Waals surface area contributed by atoms with Crippen molar-refractivity contribution in [1.29, 1.82) is 0 Å². The first-order valence-electron chi connectivity index (χ1n) is 25.6. The van der Waals surface area contributed by atoms with Gasteiger partial charge in [-0.1, -0.05) is 179 Å². The topological polar surface area (TPSA) is 33.5 Å². The molecule has 0 saturated carbocycles. The number of aromatic nitrogens is 2. The molecular formula is C66H67N4OPt-3. The SMILES string of the molecule is CCCc1ccc2c(c1CCC)c1ccc(Oc3[c-]c(N4[CH-]N(c5c(-c6cccc(C(C)(C)C)c6)cccc5-c5cccc(C(C)(C)C)c5)c5ccccc54)ccc3)[c-]c1n2-c1cc(C(C)(C)C)ccn1.[Pt]. The molecule has 0 saturated heterocycles. The van der Waals surface area contributed by atoms with Crippen molar-refractivity contribution < 1.29 is 25.8 Å². The van der Waals surface area contributed by atoms with Gasteiger partial charge < -0.3 is 19.1 Å². The number of ether oxygens (including phenoxy) is 1. The van der Waals surface area contributed by atoms with E-state index in [1.807, 2.05) is 12.3 Å². The third-order valence-electron chi connectivity index (χ3n) is 14.1. The van der Waals surface area contributed by atoms with Crippen LogP contribution >= 0.6 is 0 Å². The van der Waals surface area contributed by atoms with Crippen molar-refractivity contribution in [3.05, 3.63) is 198 Å². The number of anilines is 4. The molecule has 0 unspecified atom stereocenters. The normalized spacial score (nSPS) is 12.9. The summed E-state index contributed by atoms with van der Waals surface area (Å²) in [5.41, 5.74) is 17.5. The first-order valence-corrected chi connectivity index (χ1v) is 25.6. The molecule has 0 amide bonds. The second-order valence-corrected chi connectivity index (χ2v) is 22.4. The Labute approximate surface area is 443 Å². The van der Waals surface area contributed by atoms with Crippen LogP contribution in [0.5, 0.6) is 11.5 Å². The average Bonchev–Trinajstić information content (AvgIpc) is 3.90. The van der Waals surface area contributed by atoms with E-state index in [2.05, 4.69) is 249 Å². The van der Waals surface area contributed by atoms with Gasteiger partial charge in [-0.2, -0.15) is 12.1 Å². The zero-order chi connectivity index (χ0) is 49.8. The molecular weight excluding hydrogens is 1060 g/mol. The summed E-state index contributed by atoms with van der Waals surface area (Å²) >= 11 is 0. The van der Waals surface area contributed by atoms with Gasteiger partial charge in [0.15, 0.2) is 0 Å². The van der Waals surface area contributed by atoms with E-state index in [4.69, 9.17) is 9.72 Å². The molecule has 0 N–H and O–H groups in total. The van der Waals surface area contributed by atoms with Crippen LogP contribution in [0.15, 0.2) is 152 Å². The summed E-state index contributed by atoms with van der Waals surface area (Å²) in [7, 11) is 0. The quantitative estimate of drug-likeness (QED) is 0.121. The monoisotopic (exact) mass is 1130 g/mol. The van der Waals surface area contributed by atoms with Crippen molar-refractivity contribution >= 4 is 44.6 Å². The van der Waals surface area contributed by atoms with Crippen molar-refractivity contribution in [2.75, 3.05) is 9.80 Å². The summed E-state index contributed by atoms with van der Waals surface area (Å²) in [5.74, 6) is 2.11. The predicted molar refractivity (Wildman–Crippen MR) is 299 cm³/mol. The number of nitrogens with zero attached hydrogens (tertiary/aromatic N) is 4. The molecule has 10 rings (SSSR count). The number of pyridine rings is 1. The molecule has 0 bridgehead atoms. The minimum atomic E-state index is -0.0387. The summed E-state index contributed by atoms with van der Waals surface area (Å²) in [6, 6.07) is 60.4. The maximum absolute atomic E-state index is 6.82. The summed E-state index contributed by atoms with van der Waals surface area (Å²) in [6.45, 7) is 27.2. The van der Waals surface area contributed by atoms with Gasteiger partial charge in [0.1, 0.15) is 5.82 Å². The van der Waals surface area contributed by atoms with Gasteiger partial charge >= 0.3 is 0 Å². The van der Waals surface area contributed by atoms with E-state index in [-0.39, 0.29) is 37.3 Å². The van der Waals surface area contributed by atoms with Crippen LogP contribution in [-0.2, 0) is 50.2 Å². The number of hydrogen-bond donors (Lipinski definition) is 0. The van der Waals surface area contributed by atoms with E-state index < -0.39 is 0 Å². The van der Waals surface area contributed by atoms with Gasteiger partial charge in [-0.05, 0) is 104 Å². The van der Waals surface area contributed by atoms with Gasteiger partial charge in [-0.3, -0.25) is 0 Å². The first kappa shape index (κ1) is 50.5. The van der Waals surface area contributed by atoms with E-state index in [0.717, 1.165) is 81.8 Å². The maximum atomic E-state index is 6.82. The Morgan fingerprint density at radius 3 is 1.76 bits per heavy atom.